The van der Waals surface area contributed by atoms with Crippen LogP contribution in [0.15, 0.2) is 23.2 Å². The van der Waals surface area contributed by atoms with Gasteiger partial charge in [-0.25, -0.2) is 4.79 Å². The topological polar surface area (TPSA) is 72.6 Å². The lowest BCUT2D eigenvalue weighted by molar-refractivity contribution is -0.385. The molecule has 1 rings (SSSR count). The number of hydrogen-bond donors (Lipinski definition) is 0. The molecule has 0 saturated carbocycles. The first-order valence-corrected chi connectivity index (χ1v) is 3.48. The van der Waals surface area contributed by atoms with Crippen LogP contribution in [-0.4, -0.2) is 11.0 Å². The molecule has 0 aliphatic heterocycles. The van der Waals surface area contributed by atoms with Crippen LogP contribution < -0.4 is 0 Å². The van der Waals surface area contributed by atoms with E-state index in [0.717, 1.165) is 0 Å². The number of hydrogen-bond acceptors (Lipinski definition) is 4. The largest absolute Gasteiger partial charge is 0.274 e. The fourth-order valence-corrected chi connectivity index (χ4v) is 0.980. The van der Waals surface area contributed by atoms with Gasteiger partial charge in [0.2, 0.25) is 6.08 Å². The highest BCUT2D eigenvalue weighted by Gasteiger charge is 2.12. The first-order chi connectivity index (χ1) is 6.16. The van der Waals surface area contributed by atoms with Gasteiger partial charge in [-0.05, 0) is 13.0 Å². The summed E-state index contributed by atoms with van der Waals surface area (Å²) in [6.07, 6.45) is 1.34. The van der Waals surface area contributed by atoms with Crippen molar-refractivity contribution in [3.05, 3.63) is 33.9 Å². The maximum Gasteiger partial charge on any atom is 0.274 e. The van der Waals surface area contributed by atoms with E-state index in [9.17, 15) is 14.9 Å². The van der Waals surface area contributed by atoms with E-state index in [1.807, 2.05) is 0 Å². The Kier molecular flexibility index (Phi) is 2.52. The lowest BCUT2D eigenvalue weighted by Gasteiger charge is -1.97. The molecule has 0 spiro atoms. The van der Waals surface area contributed by atoms with E-state index in [1.54, 1.807) is 0 Å². The molecular formula is C8H6N2O3. The summed E-state index contributed by atoms with van der Waals surface area (Å²) in [5, 5.41) is 10.4. The van der Waals surface area contributed by atoms with Gasteiger partial charge in [0.15, 0.2) is 0 Å². The molecule has 0 bridgehead atoms. The molecule has 13 heavy (non-hydrogen) atoms. The second-order valence-corrected chi connectivity index (χ2v) is 2.38. The number of nitro benzene ring substituents is 1. The molecule has 5 nitrogen and oxygen atoms in total. The zero-order valence-corrected chi connectivity index (χ0v) is 6.85. The van der Waals surface area contributed by atoms with Gasteiger partial charge in [-0.15, -0.1) is 0 Å². The van der Waals surface area contributed by atoms with Gasteiger partial charge in [-0.3, -0.25) is 10.1 Å². The molecule has 0 N–H and O–H groups in total. The van der Waals surface area contributed by atoms with Crippen molar-refractivity contribution in [2.75, 3.05) is 0 Å². The van der Waals surface area contributed by atoms with Gasteiger partial charge in [0.25, 0.3) is 5.69 Å². The average Bonchev–Trinajstić information content (AvgIpc) is 2.08. The predicted octanol–water partition coefficient (Wildman–Crippen LogP) is 1.87. The molecule has 1 aromatic carbocycles. The van der Waals surface area contributed by atoms with Crippen molar-refractivity contribution >= 4 is 17.5 Å². The lowest BCUT2D eigenvalue weighted by atomic mass is 10.1. The standard InChI is InChI=1S/C8H6N2O3/c1-6-7(9-5-11)3-2-4-8(6)10(12)13/h2-4H,1H3. The first kappa shape index (κ1) is 9.09. The minimum Gasteiger partial charge on any atom is -0.258 e. The maximum atomic E-state index is 10.4. The van der Waals surface area contributed by atoms with Crippen molar-refractivity contribution in [1.82, 2.24) is 0 Å². The molecule has 0 amide bonds. The normalized spacial score (nSPS) is 9.00. The van der Waals surface area contributed by atoms with Crippen LogP contribution in [0.2, 0.25) is 0 Å². The Morgan fingerprint density at radius 3 is 2.77 bits per heavy atom. The van der Waals surface area contributed by atoms with Crippen molar-refractivity contribution in [3.63, 3.8) is 0 Å². The lowest BCUT2D eigenvalue weighted by Crippen LogP contribution is -1.90. The predicted molar refractivity (Wildman–Crippen MR) is 45.6 cm³/mol. The SMILES string of the molecule is Cc1c(N=C=O)cccc1[N+](=O)[O-]. The van der Waals surface area contributed by atoms with Gasteiger partial charge in [0.05, 0.1) is 16.2 Å². The third kappa shape index (κ3) is 1.77. The fourth-order valence-electron chi connectivity index (χ4n) is 0.980. The third-order valence-electron chi connectivity index (χ3n) is 1.64. The maximum absolute atomic E-state index is 10.4. The van der Waals surface area contributed by atoms with Crippen molar-refractivity contribution in [3.8, 4) is 0 Å². The van der Waals surface area contributed by atoms with E-state index in [4.69, 9.17) is 0 Å². The minimum absolute atomic E-state index is 0.0449. The van der Waals surface area contributed by atoms with E-state index < -0.39 is 4.92 Å². The second-order valence-electron chi connectivity index (χ2n) is 2.38. The van der Waals surface area contributed by atoms with Crippen LogP contribution in [0, 0.1) is 17.0 Å². The van der Waals surface area contributed by atoms with E-state index in [-0.39, 0.29) is 11.4 Å². The molecule has 1 aromatic rings. The van der Waals surface area contributed by atoms with Gasteiger partial charge in [0.1, 0.15) is 0 Å². The van der Waals surface area contributed by atoms with E-state index in [1.165, 1.54) is 31.2 Å². The first-order valence-electron chi connectivity index (χ1n) is 3.48. The molecular weight excluding hydrogens is 172 g/mol. The number of nitrogens with zero attached hydrogens (tertiary/aromatic N) is 2. The second kappa shape index (κ2) is 3.60. The highest BCUT2D eigenvalue weighted by Crippen LogP contribution is 2.26. The third-order valence-corrected chi connectivity index (χ3v) is 1.64. The van der Waals surface area contributed by atoms with Crippen LogP contribution in [-0.2, 0) is 4.79 Å². The zero-order chi connectivity index (χ0) is 9.84. The average molecular weight is 178 g/mol. The Hall–Kier alpha value is -2.00. The summed E-state index contributed by atoms with van der Waals surface area (Å²) in [5.41, 5.74) is 0.608. The van der Waals surface area contributed by atoms with Crippen molar-refractivity contribution in [1.29, 1.82) is 0 Å². The molecule has 0 fully saturated rings. The molecule has 0 unspecified atom stereocenters. The highest BCUT2D eigenvalue weighted by atomic mass is 16.6. The minimum atomic E-state index is -0.515. The zero-order valence-electron chi connectivity index (χ0n) is 6.85. The summed E-state index contributed by atoms with van der Waals surface area (Å²) in [6.45, 7) is 1.54. The molecule has 66 valence electrons. The summed E-state index contributed by atoms with van der Waals surface area (Å²) in [6, 6.07) is 4.35. The Labute approximate surface area is 73.9 Å². The summed E-state index contributed by atoms with van der Waals surface area (Å²) in [4.78, 5) is 23.2. The molecule has 0 aliphatic rings. The van der Waals surface area contributed by atoms with Crippen LogP contribution in [0.3, 0.4) is 0 Å². The van der Waals surface area contributed by atoms with Gasteiger partial charge < -0.3 is 0 Å². The fraction of sp³-hybridized carbons (Fsp3) is 0.125. The number of nitro groups is 1. The molecule has 0 saturated heterocycles. The monoisotopic (exact) mass is 178 g/mol. The number of benzene rings is 1. The van der Waals surface area contributed by atoms with Crippen molar-refractivity contribution in [2.45, 2.75) is 6.92 Å². The van der Waals surface area contributed by atoms with Crippen LogP contribution >= 0.6 is 0 Å². The van der Waals surface area contributed by atoms with Crippen molar-refractivity contribution in [2.24, 2.45) is 4.99 Å². The van der Waals surface area contributed by atoms with Crippen molar-refractivity contribution < 1.29 is 9.72 Å². The highest BCUT2D eigenvalue weighted by molar-refractivity contribution is 5.60. The van der Waals surface area contributed by atoms with Gasteiger partial charge in [0, 0.05) is 6.07 Å². The van der Waals surface area contributed by atoms with E-state index >= 15 is 0 Å². The number of carbonyl (C=O) groups excluding carboxylic acids is 1. The smallest absolute Gasteiger partial charge is 0.258 e. The Morgan fingerprint density at radius 1 is 1.54 bits per heavy atom. The van der Waals surface area contributed by atoms with Crippen LogP contribution in [0.1, 0.15) is 5.56 Å². The van der Waals surface area contributed by atoms with Crippen LogP contribution in [0.25, 0.3) is 0 Å². The summed E-state index contributed by atoms with van der Waals surface area (Å²) in [5.74, 6) is 0. The summed E-state index contributed by atoms with van der Waals surface area (Å²) >= 11 is 0. The number of rotatable bonds is 2. The van der Waals surface area contributed by atoms with Gasteiger partial charge >= 0.3 is 0 Å². The number of aliphatic imine (C=N–C) groups is 1. The van der Waals surface area contributed by atoms with E-state index in [2.05, 4.69) is 4.99 Å². The summed E-state index contributed by atoms with van der Waals surface area (Å²) < 4.78 is 0. The quantitative estimate of drug-likeness (QED) is 0.300. The molecule has 0 aromatic heterocycles. The Morgan fingerprint density at radius 2 is 2.23 bits per heavy atom. The van der Waals surface area contributed by atoms with Gasteiger partial charge in [-0.2, -0.15) is 4.99 Å². The molecule has 0 radical (unpaired) electrons. The molecule has 0 aliphatic carbocycles. The number of isocyanates is 1. The molecule has 0 heterocycles. The van der Waals surface area contributed by atoms with Gasteiger partial charge in [-0.1, -0.05) is 6.07 Å². The summed E-state index contributed by atoms with van der Waals surface area (Å²) in [7, 11) is 0. The Bertz CT molecular complexity index is 374. The Balaban J connectivity index is 3.34. The molecule has 5 heteroatoms. The van der Waals surface area contributed by atoms with Crippen LogP contribution in [0.5, 0.6) is 0 Å². The van der Waals surface area contributed by atoms with Crippen LogP contribution in [0.4, 0.5) is 11.4 Å². The molecule has 0 atom stereocenters. The van der Waals surface area contributed by atoms with E-state index in [0.29, 0.717) is 5.56 Å².